The van der Waals surface area contributed by atoms with E-state index in [0.29, 0.717) is 57.6 Å². The van der Waals surface area contributed by atoms with Gasteiger partial charge in [0.05, 0.1) is 16.0 Å². The molecule has 2 aliphatic heterocycles. The van der Waals surface area contributed by atoms with Gasteiger partial charge >= 0.3 is 12.2 Å². The summed E-state index contributed by atoms with van der Waals surface area (Å²) in [6.45, 7) is 13.4. The Hall–Kier alpha value is -4.53. The van der Waals surface area contributed by atoms with E-state index >= 15 is 0 Å². The van der Waals surface area contributed by atoms with Gasteiger partial charge in [-0.25, -0.2) is 14.0 Å². The summed E-state index contributed by atoms with van der Waals surface area (Å²) in [5, 5.41) is 29.9. The second-order valence-corrected chi connectivity index (χ2v) is 13.0. The molecule has 2 saturated heterocycles. The number of hydrogen-bond acceptors (Lipinski definition) is 10. The fourth-order valence-electron chi connectivity index (χ4n) is 4.26. The van der Waals surface area contributed by atoms with E-state index in [2.05, 4.69) is 0 Å². The zero-order chi connectivity index (χ0) is 35.4. The van der Waals surface area contributed by atoms with Crippen molar-refractivity contribution in [1.29, 1.82) is 0 Å². The molecular formula is C32H45FN4O10. The van der Waals surface area contributed by atoms with Crippen molar-refractivity contribution in [3.05, 3.63) is 74.6 Å². The fraction of sp³-hybridized carbons (Fsp3) is 0.562. The number of nitrogens with zero attached hydrogens (tertiary/aromatic N) is 4. The Bertz CT molecular complexity index is 1310. The number of benzene rings is 2. The second kappa shape index (κ2) is 17.4. The van der Waals surface area contributed by atoms with Gasteiger partial charge in [-0.1, -0.05) is 0 Å². The third-order valence-corrected chi connectivity index (χ3v) is 6.60. The predicted molar refractivity (Wildman–Crippen MR) is 171 cm³/mol. The number of rotatable bonds is 4. The lowest BCUT2D eigenvalue weighted by molar-refractivity contribution is -0.385. The van der Waals surface area contributed by atoms with Crippen molar-refractivity contribution < 1.29 is 43.1 Å². The van der Waals surface area contributed by atoms with Gasteiger partial charge in [0.1, 0.15) is 28.9 Å². The molecule has 0 aromatic heterocycles. The largest absolute Gasteiger partial charge is 0.490 e. The highest BCUT2D eigenvalue weighted by atomic mass is 19.1. The molecule has 2 heterocycles. The van der Waals surface area contributed by atoms with Crippen molar-refractivity contribution >= 4 is 23.6 Å². The smallest absolute Gasteiger partial charge is 0.410 e. The van der Waals surface area contributed by atoms with Crippen molar-refractivity contribution in [2.75, 3.05) is 26.2 Å². The maximum absolute atomic E-state index is 12.1. The minimum absolute atomic E-state index is 0.00450. The Morgan fingerprint density at radius 2 is 1.09 bits per heavy atom. The number of nitro benzene ring substituents is 2. The van der Waals surface area contributed by atoms with Crippen molar-refractivity contribution in [2.24, 2.45) is 0 Å². The number of likely N-dealkylation sites (tertiary alicyclic amines) is 2. The van der Waals surface area contributed by atoms with Crippen molar-refractivity contribution in [2.45, 2.75) is 90.6 Å². The average Bonchev–Trinajstić information content (AvgIpc) is 2.97. The van der Waals surface area contributed by atoms with Gasteiger partial charge in [0.25, 0.3) is 11.4 Å². The van der Waals surface area contributed by atoms with E-state index in [1.165, 1.54) is 12.1 Å². The molecule has 0 bridgehead atoms. The van der Waals surface area contributed by atoms with E-state index in [0.717, 1.165) is 24.3 Å². The van der Waals surface area contributed by atoms with E-state index in [-0.39, 0.29) is 35.8 Å². The van der Waals surface area contributed by atoms with Crippen LogP contribution in [0.2, 0.25) is 0 Å². The number of aliphatic hydroxyl groups excluding tert-OH is 1. The number of carbonyl (C=O) groups excluding carboxylic acids is 2. The molecule has 47 heavy (non-hydrogen) atoms. The lowest BCUT2D eigenvalue weighted by atomic mass is 10.1. The summed E-state index contributed by atoms with van der Waals surface area (Å²) in [6.07, 6.45) is 1.88. The highest BCUT2D eigenvalue weighted by molar-refractivity contribution is 5.68. The molecule has 2 aromatic rings. The summed E-state index contributed by atoms with van der Waals surface area (Å²) in [6, 6.07) is 10.4. The Morgan fingerprint density at radius 3 is 1.45 bits per heavy atom. The van der Waals surface area contributed by atoms with E-state index in [9.17, 15) is 39.3 Å². The van der Waals surface area contributed by atoms with Crippen LogP contribution in [0.4, 0.5) is 25.4 Å². The van der Waals surface area contributed by atoms with Crippen LogP contribution in [0.3, 0.4) is 0 Å². The van der Waals surface area contributed by atoms with Gasteiger partial charge < -0.3 is 29.1 Å². The summed E-state index contributed by atoms with van der Waals surface area (Å²) in [4.78, 5) is 46.5. The van der Waals surface area contributed by atoms with Crippen LogP contribution in [0.5, 0.6) is 5.75 Å². The number of nitro groups is 2. The average molecular weight is 665 g/mol. The molecule has 15 heteroatoms. The number of aliphatic hydroxyl groups is 1. The zero-order valence-corrected chi connectivity index (χ0v) is 27.7. The van der Waals surface area contributed by atoms with Gasteiger partial charge in [0.2, 0.25) is 0 Å². The number of piperidine rings is 2. The Labute approximate surface area is 273 Å². The molecule has 0 spiro atoms. The Kier molecular flexibility index (Phi) is 14.3. The molecule has 0 unspecified atom stereocenters. The van der Waals surface area contributed by atoms with Gasteiger partial charge in [-0.15, -0.1) is 0 Å². The number of non-ortho nitro benzene ring substituents is 2. The molecular weight excluding hydrogens is 619 g/mol. The Balaban J connectivity index is 0.000000271. The summed E-state index contributed by atoms with van der Waals surface area (Å²) < 4.78 is 28.5. The van der Waals surface area contributed by atoms with E-state index in [4.69, 9.17) is 14.2 Å². The number of ether oxygens (including phenoxy) is 3. The zero-order valence-electron chi connectivity index (χ0n) is 27.7. The first-order valence-electron chi connectivity index (χ1n) is 15.3. The first-order valence-corrected chi connectivity index (χ1v) is 15.3. The van der Waals surface area contributed by atoms with E-state index in [1.807, 2.05) is 41.5 Å². The number of amides is 2. The number of hydrogen-bond donors (Lipinski definition) is 1. The molecule has 0 atom stereocenters. The maximum atomic E-state index is 12.1. The van der Waals surface area contributed by atoms with Crippen molar-refractivity contribution in [3.8, 4) is 5.75 Å². The van der Waals surface area contributed by atoms with Crippen molar-refractivity contribution in [1.82, 2.24) is 9.80 Å². The Morgan fingerprint density at radius 1 is 0.723 bits per heavy atom. The predicted octanol–water partition coefficient (Wildman–Crippen LogP) is 6.49. The first kappa shape index (κ1) is 38.7. The van der Waals surface area contributed by atoms with Gasteiger partial charge in [-0.3, -0.25) is 20.2 Å². The van der Waals surface area contributed by atoms with Crippen LogP contribution in [0.15, 0.2) is 48.5 Å². The summed E-state index contributed by atoms with van der Waals surface area (Å²) in [5.74, 6) is 0.136. The quantitative estimate of drug-likeness (QED) is 0.281. The number of halogens is 1. The molecule has 0 aliphatic carbocycles. The molecule has 4 rings (SSSR count). The van der Waals surface area contributed by atoms with E-state index in [1.54, 1.807) is 21.9 Å². The minimum Gasteiger partial charge on any atom is -0.490 e. The summed E-state index contributed by atoms with van der Waals surface area (Å²) >= 11 is 0. The van der Waals surface area contributed by atoms with Crippen LogP contribution in [-0.2, 0) is 9.47 Å². The molecule has 2 amide bonds. The topological polar surface area (TPSA) is 175 Å². The molecule has 2 aliphatic rings. The second-order valence-electron chi connectivity index (χ2n) is 13.0. The first-order chi connectivity index (χ1) is 21.8. The summed E-state index contributed by atoms with van der Waals surface area (Å²) in [7, 11) is 0. The van der Waals surface area contributed by atoms with Crippen LogP contribution >= 0.6 is 0 Å². The highest BCUT2D eigenvalue weighted by Gasteiger charge is 2.28. The van der Waals surface area contributed by atoms with Crippen LogP contribution in [-0.4, -0.2) is 86.5 Å². The third-order valence-electron chi connectivity index (χ3n) is 6.60. The van der Waals surface area contributed by atoms with Gasteiger partial charge in [-0.2, -0.15) is 0 Å². The molecule has 260 valence electrons. The number of carbonyl (C=O) groups is 2. The summed E-state index contributed by atoms with van der Waals surface area (Å²) in [5.41, 5.74) is -0.991. The molecule has 2 fully saturated rings. The normalized spacial score (nSPS) is 15.7. The molecule has 0 saturated carbocycles. The SMILES string of the molecule is CC(C)(C)OC(=O)N1CCC(O)CC1.CC(C)(C)OC(=O)N1CCC(Oc2ccc([N+](=O)[O-])cc2)CC1.O=[N+]([O-])c1ccc(F)cc1. The third kappa shape index (κ3) is 15.1. The minimum atomic E-state index is -0.570. The lowest BCUT2D eigenvalue weighted by Crippen LogP contribution is -2.44. The molecule has 2 aromatic carbocycles. The maximum Gasteiger partial charge on any atom is 0.410 e. The highest BCUT2D eigenvalue weighted by Crippen LogP contribution is 2.23. The standard InChI is InChI=1S/C16H22N2O5.C10H19NO3.C6H4FNO2/c1-16(2,3)23-15(19)17-10-8-14(9-11-17)22-13-6-4-12(5-7-13)18(20)21;1-10(2,3)14-9(13)11-6-4-8(12)5-7-11;7-5-1-3-6(4-2-5)8(9)10/h4-7,14H,8-11H2,1-3H3;8,12H,4-7H2,1-3H3;1-4H. The van der Waals surface area contributed by atoms with Gasteiger partial charge in [-0.05, 0) is 78.6 Å². The molecule has 1 N–H and O–H groups in total. The van der Waals surface area contributed by atoms with Crippen LogP contribution in [0.25, 0.3) is 0 Å². The molecule has 14 nitrogen and oxygen atoms in total. The molecule has 0 radical (unpaired) electrons. The van der Waals surface area contributed by atoms with Crippen LogP contribution in [0, 0.1) is 26.0 Å². The lowest BCUT2D eigenvalue weighted by Gasteiger charge is -2.33. The van der Waals surface area contributed by atoms with Crippen molar-refractivity contribution in [3.63, 3.8) is 0 Å². The van der Waals surface area contributed by atoms with Gasteiger partial charge in [0.15, 0.2) is 0 Å². The van der Waals surface area contributed by atoms with Gasteiger partial charge in [0, 0.05) is 63.3 Å². The van der Waals surface area contributed by atoms with E-state index < -0.39 is 26.9 Å². The van der Waals surface area contributed by atoms with Crippen LogP contribution in [0.1, 0.15) is 67.2 Å². The monoisotopic (exact) mass is 664 g/mol. The fourth-order valence-corrected chi connectivity index (χ4v) is 4.26. The van der Waals surface area contributed by atoms with Crippen LogP contribution < -0.4 is 4.74 Å².